The molecule has 0 bridgehead atoms. The number of carbonyl (C=O) groups excluding carboxylic acids is 3. The van der Waals surface area contributed by atoms with Crippen molar-refractivity contribution in [2.24, 2.45) is 0 Å². The number of benzene rings is 2. The van der Waals surface area contributed by atoms with Gasteiger partial charge in [0.05, 0.1) is 18.8 Å². The first-order valence-corrected chi connectivity index (χ1v) is 15.2. The van der Waals surface area contributed by atoms with Crippen LogP contribution < -0.4 is 20.9 Å². The molecule has 2 heterocycles. The maximum atomic E-state index is 13.6. The Hall–Kier alpha value is -5.36. The van der Waals surface area contributed by atoms with E-state index in [2.05, 4.69) is 20.6 Å². The molecule has 0 fully saturated rings. The van der Waals surface area contributed by atoms with Crippen LogP contribution in [0.4, 0.5) is 10.5 Å². The zero-order valence-electron chi connectivity index (χ0n) is 26.6. The van der Waals surface area contributed by atoms with E-state index < -0.39 is 47.6 Å². The van der Waals surface area contributed by atoms with Crippen molar-refractivity contribution in [2.75, 3.05) is 11.9 Å². The predicted octanol–water partition coefficient (Wildman–Crippen LogP) is 4.17. The molecule has 12 heteroatoms. The summed E-state index contributed by atoms with van der Waals surface area (Å²) in [5, 5.41) is 15.9. The molecule has 0 spiro atoms. The van der Waals surface area contributed by atoms with Crippen LogP contribution in [0.3, 0.4) is 0 Å². The fourth-order valence-electron chi connectivity index (χ4n) is 4.67. The zero-order valence-corrected chi connectivity index (χ0v) is 26.6. The van der Waals surface area contributed by atoms with Crippen molar-refractivity contribution in [3.05, 3.63) is 107 Å². The molecule has 3 N–H and O–H groups in total. The smallest absolute Gasteiger partial charge is 0.412 e. The standard InChI is InChI=1S/C35H39N5O7/c1-35(2,3)47-34(45)39-27-22-37-32(25-15-8-5-9-16-25)40(33(27)44)23-29(42)38-26(21-24-13-6-4-7-14-24)31(43)28(41)17-12-20-46-30-18-10-11-19-36-30/h4-11,13-16,18-19,22,26,28,41H,12,17,20-21,23H2,1-3H3,(H,38,42)(H,39,45)/t26-,28?/m0/s1. The SMILES string of the molecule is CC(C)(C)OC(=O)Nc1cnc(-c2ccccc2)n(CC(=O)N[C@@H](Cc2ccccc2)C(=O)C(O)CCCOc2ccccn2)c1=O. The highest BCUT2D eigenvalue weighted by atomic mass is 16.6. The van der Waals surface area contributed by atoms with Gasteiger partial charge in [-0.3, -0.25) is 24.3 Å². The number of aromatic nitrogens is 3. The van der Waals surface area contributed by atoms with Gasteiger partial charge >= 0.3 is 6.09 Å². The number of hydrogen-bond donors (Lipinski definition) is 3. The number of hydrogen-bond acceptors (Lipinski definition) is 9. The van der Waals surface area contributed by atoms with Gasteiger partial charge < -0.3 is 19.9 Å². The number of anilines is 1. The van der Waals surface area contributed by atoms with Gasteiger partial charge in [0.15, 0.2) is 5.78 Å². The summed E-state index contributed by atoms with van der Waals surface area (Å²) in [4.78, 5) is 61.5. The highest BCUT2D eigenvalue weighted by molar-refractivity contribution is 5.92. The van der Waals surface area contributed by atoms with Gasteiger partial charge in [0, 0.05) is 17.8 Å². The molecule has 0 aliphatic heterocycles. The lowest BCUT2D eigenvalue weighted by Crippen LogP contribution is -2.48. The minimum Gasteiger partial charge on any atom is -0.478 e. The van der Waals surface area contributed by atoms with E-state index in [0.717, 1.165) is 10.1 Å². The number of nitrogens with one attached hydrogen (secondary N) is 2. The largest absolute Gasteiger partial charge is 0.478 e. The first-order chi connectivity index (χ1) is 22.5. The summed E-state index contributed by atoms with van der Waals surface area (Å²) in [5.41, 5.74) is -0.367. The van der Waals surface area contributed by atoms with Crippen molar-refractivity contribution in [3.8, 4) is 17.3 Å². The zero-order chi connectivity index (χ0) is 33.8. The number of ether oxygens (including phenoxy) is 2. The predicted molar refractivity (Wildman–Crippen MR) is 176 cm³/mol. The summed E-state index contributed by atoms with van der Waals surface area (Å²) >= 11 is 0. The van der Waals surface area contributed by atoms with E-state index in [4.69, 9.17) is 9.47 Å². The van der Waals surface area contributed by atoms with E-state index in [9.17, 15) is 24.3 Å². The van der Waals surface area contributed by atoms with Crippen molar-refractivity contribution < 1.29 is 29.0 Å². The van der Waals surface area contributed by atoms with Crippen LogP contribution >= 0.6 is 0 Å². The third-order valence-electron chi connectivity index (χ3n) is 6.82. The van der Waals surface area contributed by atoms with Crippen LogP contribution in [-0.2, 0) is 27.3 Å². The van der Waals surface area contributed by atoms with Crippen molar-refractivity contribution >= 4 is 23.5 Å². The minimum absolute atomic E-state index is 0.104. The average molecular weight is 642 g/mol. The Bertz CT molecular complexity index is 1690. The van der Waals surface area contributed by atoms with E-state index in [1.807, 2.05) is 30.3 Å². The van der Waals surface area contributed by atoms with Gasteiger partial charge in [-0.25, -0.2) is 14.8 Å². The first-order valence-electron chi connectivity index (χ1n) is 15.2. The molecule has 12 nitrogen and oxygen atoms in total. The first kappa shape index (κ1) is 34.5. The molecule has 0 radical (unpaired) electrons. The number of aliphatic hydroxyl groups is 1. The lowest BCUT2D eigenvalue weighted by atomic mass is 9.97. The Labute approximate surface area is 272 Å². The van der Waals surface area contributed by atoms with Crippen LogP contribution in [0.1, 0.15) is 39.2 Å². The number of Topliss-reactive ketones (excluding diaryl/α,β-unsaturated/α-hetero) is 1. The fourth-order valence-corrected chi connectivity index (χ4v) is 4.67. The van der Waals surface area contributed by atoms with Gasteiger partial charge in [0.1, 0.15) is 29.8 Å². The second kappa shape index (κ2) is 16.3. The summed E-state index contributed by atoms with van der Waals surface area (Å²) in [6.45, 7) is 4.78. The molecule has 4 rings (SSSR count). The molecule has 4 aromatic rings. The second-order valence-electron chi connectivity index (χ2n) is 11.8. The number of nitrogens with zero attached hydrogens (tertiary/aromatic N) is 3. The normalized spacial score (nSPS) is 12.4. The third kappa shape index (κ3) is 10.6. The topological polar surface area (TPSA) is 162 Å². The Kier molecular flexibility index (Phi) is 12.0. The molecule has 1 unspecified atom stereocenters. The molecule has 2 aromatic carbocycles. The summed E-state index contributed by atoms with van der Waals surface area (Å²) in [7, 11) is 0. The fraction of sp³-hybridized carbons (Fsp3) is 0.314. The van der Waals surface area contributed by atoms with Crippen molar-refractivity contribution in [2.45, 2.75) is 64.3 Å². The molecule has 0 saturated carbocycles. The molecule has 246 valence electrons. The van der Waals surface area contributed by atoms with Crippen molar-refractivity contribution in [1.82, 2.24) is 19.9 Å². The number of aliphatic hydroxyl groups excluding tert-OH is 1. The lowest BCUT2D eigenvalue weighted by Gasteiger charge is -2.22. The Balaban J connectivity index is 1.53. The Morgan fingerprint density at radius 3 is 2.28 bits per heavy atom. The molecular formula is C35H39N5O7. The van der Waals surface area contributed by atoms with E-state index in [0.29, 0.717) is 17.9 Å². The Morgan fingerprint density at radius 2 is 1.62 bits per heavy atom. The molecule has 2 amide bonds. The van der Waals surface area contributed by atoms with E-state index in [-0.39, 0.29) is 31.0 Å². The van der Waals surface area contributed by atoms with Gasteiger partial charge in [-0.05, 0) is 51.7 Å². The average Bonchev–Trinajstić information content (AvgIpc) is 3.05. The number of pyridine rings is 1. The van der Waals surface area contributed by atoms with Gasteiger partial charge in [-0.1, -0.05) is 66.7 Å². The van der Waals surface area contributed by atoms with Gasteiger partial charge in [-0.15, -0.1) is 0 Å². The van der Waals surface area contributed by atoms with Gasteiger partial charge in [0.2, 0.25) is 11.8 Å². The quantitative estimate of drug-likeness (QED) is 0.172. The molecule has 0 aliphatic rings. The molecule has 2 aromatic heterocycles. The molecule has 0 saturated heterocycles. The number of carbonyl (C=O) groups is 3. The highest BCUT2D eigenvalue weighted by Crippen LogP contribution is 2.17. The van der Waals surface area contributed by atoms with E-state index in [1.165, 1.54) is 6.20 Å². The van der Waals surface area contributed by atoms with Crippen molar-refractivity contribution in [1.29, 1.82) is 0 Å². The van der Waals surface area contributed by atoms with E-state index in [1.54, 1.807) is 75.5 Å². The molecule has 47 heavy (non-hydrogen) atoms. The third-order valence-corrected chi connectivity index (χ3v) is 6.82. The maximum Gasteiger partial charge on any atom is 0.412 e. The van der Waals surface area contributed by atoms with Crippen LogP contribution in [0.5, 0.6) is 5.88 Å². The van der Waals surface area contributed by atoms with Gasteiger partial charge in [-0.2, -0.15) is 0 Å². The number of amides is 2. The number of rotatable bonds is 14. The molecule has 0 aliphatic carbocycles. The van der Waals surface area contributed by atoms with Crippen LogP contribution in [0.15, 0.2) is 96.1 Å². The summed E-state index contributed by atoms with van der Waals surface area (Å²) in [6, 6.07) is 22.0. The maximum absolute atomic E-state index is 13.6. The van der Waals surface area contributed by atoms with Crippen LogP contribution in [0, 0.1) is 0 Å². The van der Waals surface area contributed by atoms with E-state index >= 15 is 0 Å². The second-order valence-corrected chi connectivity index (χ2v) is 11.8. The van der Waals surface area contributed by atoms with Crippen LogP contribution in [0.2, 0.25) is 0 Å². The number of ketones is 1. The lowest BCUT2D eigenvalue weighted by molar-refractivity contribution is -0.133. The van der Waals surface area contributed by atoms with Crippen LogP contribution in [-0.4, -0.2) is 61.8 Å². The summed E-state index contributed by atoms with van der Waals surface area (Å²) < 4.78 is 12.0. The highest BCUT2D eigenvalue weighted by Gasteiger charge is 2.28. The van der Waals surface area contributed by atoms with Crippen LogP contribution in [0.25, 0.3) is 11.4 Å². The van der Waals surface area contributed by atoms with Crippen molar-refractivity contribution in [3.63, 3.8) is 0 Å². The Morgan fingerprint density at radius 1 is 0.936 bits per heavy atom. The molecule has 2 atom stereocenters. The summed E-state index contributed by atoms with van der Waals surface area (Å²) in [6.07, 6.45) is 1.17. The minimum atomic E-state index is -1.37. The monoisotopic (exact) mass is 641 g/mol. The van der Waals surface area contributed by atoms with Gasteiger partial charge in [0.25, 0.3) is 5.56 Å². The molecular weight excluding hydrogens is 602 g/mol. The summed E-state index contributed by atoms with van der Waals surface area (Å²) in [5.74, 6) is -0.624.